The van der Waals surface area contributed by atoms with Crippen molar-refractivity contribution in [2.24, 2.45) is 5.92 Å². The highest BCUT2D eigenvalue weighted by Crippen LogP contribution is 2.45. The van der Waals surface area contributed by atoms with E-state index in [9.17, 15) is 14.7 Å². The van der Waals surface area contributed by atoms with Crippen molar-refractivity contribution in [3.63, 3.8) is 0 Å². The van der Waals surface area contributed by atoms with Crippen LogP contribution in [-0.4, -0.2) is 60.2 Å². The lowest BCUT2D eigenvalue weighted by atomic mass is 9.72. The van der Waals surface area contributed by atoms with Crippen LogP contribution in [0.15, 0.2) is 60.7 Å². The highest BCUT2D eigenvalue weighted by atomic mass is 19.1. The van der Waals surface area contributed by atoms with E-state index in [-0.39, 0.29) is 42.1 Å². The third-order valence-electron chi connectivity index (χ3n) is 8.04. The fourth-order valence-electron chi connectivity index (χ4n) is 5.89. The molecule has 1 fully saturated rings. The third kappa shape index (κ3) is 7.03. The van der Waals surface area contributed by atoms with Crippen LogP contribution >= 0.6 is 0 Å². The molecule has 3 aromatic rings. The van der Waals surface area contributed by atoms with Crippen LogP contribution in [0.3, 0.4) is 0 Å². The van der Waals surface area contributed by atoms with Gasteiger partial charge in [0.05, 0.1) is 5.60 Å². The maximum atomic E-state index is 15.6. The molecular weight excluding hydrogens is 540 g/mol. The molecule has 1 aliphatic rings. The summed E-state index contributed by atoms with van der Waals surface area (Å²) in [6.07, 6.45) is 1.62. The van der Waals surface area contributed by atoms with Crippen LogP contribution in [-0.2, 0) is 16.9 Å². The number of nitrogens with one attached hydrogen (secondary N) is 2. The van der Waals surface area contributed by atoms with Gasteiger partial charge in [0.1, 0.15) is 18.2 Å². The summed E-state index contributed by atoms with van der Waals surface area (Å²) in [7, 11) is 1.85. The van der Waals surface area contributed by atoms with Gasteiger partial charge in [-0.1, -0.05) is 35.9 Å². The number of likely N-dealkylation sites (tertiary alicyclic amines) is 1. The van der Waals surface area contributed by atoms with E-state index in [0.29, 0.717) is 37.9 Å². The highest BCUT2D eigenvalue weighted by molar-refractivity contribution is 5.94. The number of nitrogens with zero attached hydrogens (tertiary/aromatic N) is 1. The van der Waals surface area contributed by atoms with Crippen LogP contribution in [0.1, 0.15) is 52.7 Å². The van der Waals surface area contributed by atoms with E-state index in [2.05, 4.69) is 10.6 Å². The second kappa shape index (κ2) is 14.0. The lowest BCUT2D eigenvalue weighted by Gasteiger charge is -2.43. The van der Waals surface area contributed by atoms with Crippen LogP contribution in [0, 0.1) is 24.5 Å². The smallest absolute Gasteiger partial charge is 0.253 e. The van der Waals surface area contributed by atoms with Gasteiger partial charge in [-0.25, -0.2) is 8.78 Å². The molecule has 9 heteroatoms. The normalized spacial score (nSPS) is 16.6. The molecule has 0 radical (unpaired) electrons. The van der Waals surface area contributed by atoms with Gasteiger partial charge in [-0.3, -0.25) is 9.59 Å². The van der Waals surface area contributed by atoms with Crippen molar-refractivity contribution in [2.45, 2.75) is 44.8 Å². The molecule has 7 nitrogen and oxygen atoms in total. The number of benzene rings is 3. The van der Waals surface area contributed by atoms with Crippen LogP contribution in [0.25, 0.3) is 11.1 Å². The van der Waals surface area contributed by atoms with E-state index in [0.717, 1.165) is 11.1 Å². The topological polar surface area (TPSA) is 102 Å². The molecule has 1 heterocycles. The zero-order valence-electron chi connectivity index (χ0n) is 24.1. The number of aliphatic hydroxyl groups is 2. The quantitative estimate of drug-likeness (QED) is 0.254. The Kier molecular flexibility index (Phi) is 10.4. The second-order valence-electron chi connectivity index (χ2n) is 11.0. The van der Waals surface area contributed by atoms with Gasteiger partial charge in [0.2, 0.25) is 5.91 Å². The Bertz CT molecular complexity index is 1400. The Morgan fingerprint density at radius 1 is 1.07 bits per heavy atom. The van der Waals surface area contributed by atoms with Crippen molar-refractivity contribution >= 4 is 11.8 Å². The Hall–Kier alpha value is -3.66. The highest BCUT2D eigenvalue weighted by Gasteiger charge is 2.43. The van der Waals surface area contributed by atoms with Crippen LogP contribution in [0.2, 0.25) is 0 Å². The molecule has 4 rings (SSSR count). The van der Waals surface area contributed by atoms with Crippen molar-refractivity contribution in [1.29, 1.82) is 0 Å². The van der Waals surface area contributed by atoms with E-state index in [1.807, 2.05) is 19.2 Å². The average molecular weight is 580 g/mol. The Labute approximate surface area is 245 Å². The van der Waals surface area contributed by atoms with Crippen molar-refractivity contribution in [2.75, 3.05) is 33.3 Å². The molecule has 2 atom stereocenters. The monoisotopic (exact) mass is 579 g/mol. The predicted molar refractivity (Wildman–Crippen MR) is 158 cm³/mol. The standard InChI is InChI=1S/C33H39F2N3O4/c1-22-9-14-28(34)26(18-22)31-27(7-3-8-29(31)35)33(42,15-5-16-37-30(40)21-39)25-6-4-17-38(20-25)32(41)24-12-10-23(11-13-24)19-36-2/h3,7-14,18,25,36,39,42H,4-6,15-17,19-21H2,1-2H3,(H,37,40)/t25-,33+/m1/s1. The minimum Gasteiger partial charge on any atom is -0.387 e. The second-order valence-corrected chi connectivity index (χ2v) is 11.0. The fraction of sp³-hybridized carbons (Fsp3) is 0.394. The molecule has 1 aliphatic heterocycles. The molecule has 0 bridgehead atoms. The first kappa shape index (κ1) is 31.3. The molecule has 224 valence electrons. The summed E-state index contributed by atoms with van der Waals surface area (Å²) in [4.78, 5) is 26.8. The first-order valence-corrected chi connectivity index (χ1v) is 14.4. The number of aryl methyl sites for hydroxylation is 1. The zero-order chi connectivity index (χ0) is 30.3. The summed E-state index contributed by atoms with van der Waals surface area (Å²) >= 11 is 0. The van der Waals surface area contributed by atoms with Crippen LogP contribution < -0.4 is 10.6 Å². The zero-order valence-corrected chi connectivity index (χ0v) is 24.1. The molecule has 2 amide bonds. The van der Waals surface area contributed by atoms with Crippen molar-refractivity contribution < 1.29 is 28.6 Å². The third-order valence-corrected chi connectivity index (χ3v) is 8.04. The number of aliphatic hydroxyl groups excluding tert-OH is 1. The van der Waals surface area contributed by atoms with Crippen molar-refractivity contribution in [1.82, 2.24) is 15.5 Å². The van der Waals surface area contributed by atoms with E-state index in [1.54, 1.807) is 42.2 Å². The largest absolute Gasteiger partial charge is 0.387 e. The molecule has 0 spiro atoms. The summed E-state index contributed by atoms with van der Waals surface area (Å²) in [5.74, 6) is -2.44. The maximum Gasteiger partial charge on any atom is 0.253 e. The predicted octanol–water partition coefficient (Wildman–Crippen LogP) is 4.29. The van der Waals surface area contributed by atoms with Crippen LogP contribution in [0.5, 0.6) is 0 Å². The number of amides is 2. The van der Waals surface area contributed by atoms with Crippen molar-refractivity contribution in [3.05, 3.63) is 94.6 Å². The van der Waals surface area contributed by atoms with Gasteiger partial charge in [0.15, 0.2) is 0 Å². The molecule has 3 aromatic carbocycles. The summed E-state index contributed by atoms with van der Waals surface area (Å²) in [6, 6.07) is 16.2. The number of halogens is 2. The van der Waals surface area contributed by atoms with Crippen LogP contribution in [0.4, 0.5) is 8.78 Å². The number of carbonyl (C=O) groups is 2. The van der Waals surface area contributed by atoms with Crippen molar-refractivity contribution in [3.8, 4) is 11.1 Å². The first-order chi connectivity index (χ1) is 20.2. The molecule has 4 N–H and O–H groups in total. The number of hydrogen-bond donors (Lipinski definition) is 4. The lowest BCUT2D eigenvalue weighted by molar-refractivity contribution is -0.123. The van der Waals surface area contributed by atoms with E-state index in [4.69, 9.17) is 5.11 Å². The lowest BCUT2D eigenvalue weighted by Crippen LogP contribution is -2.48. The molecule has 1 saturated heterocycles. The maximum absolute atomic E-state index is 15.6. The number of rotatable bonds is 11. The van der Waals surface area contributed by atoms with Gasteiger partial charge in [-0.05, 0) is 81.1 Å². The summed E-state index contributed by atoms with van der Waals surface area (Å²) < 4.78 is 30.7. The van der Waals surface area contributed by atoms with Gasteiger partial charge in [-0.2, -0.15) is 0 Å². The SMILES string of the molecule is CNCc1ccc(C(=O)N2CCC[C@@H]([C@@](O)(CCCNC(=O)CO)c3cccc(F)c3-c3cc(C)ccc3F)C2)cc1. The molecule has 0 saturated carbocycles. The van der Waals surface area contributed by atoms with E-state index < -0.39 is 35.7 Å². The Morgan fingerprint density at radius 2 is 1.83 bits per heavy atom. The minimum atomic E-state index is -1.65. The minimum absolute atomic E-state index is 0.0100. The van der Waals surface area contributed by atoms with Gasteiger partial charge < -0.3 is 25.7 Å². The van der Waals surface area contributed by atoms with Gasteiger partial charge in [0, 0.05) is 48.8 Å². The number of carbonyl (C=O) groups excluding carboxylic acids is 2. The number of hydrogen-bond acceptors (Lipinski definition) is 5. The average Bonchev–Trinajstić information content (AvgIpc) is 3.00. The fourth-order valence-corrected chi connectivity index (χ4v) is 5.89. The summed E-state index contributed by atoms with van der Waals surface area (Å²) in [5.41, 5.74) is 0.980. The Balaban J connectivity index is 1.70. The van der Waals surface area contributed by atoms with E-state index >= 15 is 8.78 Å². The molecule has 0 aromatic heterocycles. The molecule has 0 aliphatic carbocycles. The summed E-state index contributed by atoms with van der Waals surface area (Å²) in [6.45, 7) is 2.74. The Morgan fingerprint density at radius 3 is 2.55 bits per heavy atom. The first-order valence-electron chi connectivity index (χ1n) is 14.4. The van der Waals surface area contributed by atoms with E-state index in [1.165, 1.54) is 18.2 Å². The van der Waals surface area contributed by atoms with Gasteiger partial charge in [-0.15, -0.1) is 0 Å². The molecule has 0 unspecified atom stereocenters. The number of piperidine rings is 1. The van der Waals surface area contributed by atoms with Gasteiger partial charge in [0.25, 0.3) is 5.91 Å². The molecule has 42 heavy (non-hydrogen) atoms. The van der Waals surface area contributed by atoms with Gasteiger partial charge >= 0.3 is 0 Å². The molecular formula is C33H39F2N3O4. The summed E-state index contributed by atoms with van der Waals surface area (Å²) in [5, 5.41) is 27.3.